The highest BCUT2D eigenvalue weighted by molar-refractivity contribution is 5.74. The first-order valence-electron chi connectivity index (χ1n) is 7.59. The van der Waals surface area contributed by atoms with E-state index in [-0.39, 0.29) is 6.03 Å². The fraction of sp³-hybridized carbons (Fsp3) is 0.571. The fourth-order valence-electron chi connectivity index (χ4n) is 2.83. The summed E-state index contributed by atoms with van der Waals surface area (Å²) in [4.78, 5) is 25.7. The van der Waals surface area contributed by atoms with Crippen LogP contribution in [0.15, 0.2) is 18.7 Å². The maximum atomic E-state index is 12.3. The molecule has 3 heterocycles. The molecule has 1 fully saturated rings. The number of aromatic amines is 1. The van der Waals surface area contributed by atoms with E-state index in [2.05, 4.69) is 25.4 Å². The van der Waals surface area contributed by atoms with E-state index in [0.29, 0.717) is 25.4 Å². The normalized spacial score (nSPS) is 18.4. The van der Waals surface area contributed by atoms with Crippen molar-refractivity contribution >= 4 is 6.03 Å². The number of nitrogens with one attached hydrogen (secondary N) is 2. The lowest BCUT2D eigenvalue weighted by Gasteiger charge is -2.31. The Hall–Kier alpha value is -2.38. The second-order valence-corrected chi connectivity index (χ2v) is 5.54. The molecular weight excluding hydrogens is 282 g/mol. The number of aryl methyl sites for hydroxylation is 1. The minimum Gasteiger partial charge on any atom is -0.348 e. The van der Waals surface area contributed by atoms with Crippen molar-refractivity contribution in [3.63, 3.8) is 0 Å². The van der Waals surface area contributed by atoms with Gasteiger partial charge in [0.2, 0.25) is 0 Å². The van der Waals surface area contributed by atoms with Crippen molar-refractivity contribution in [2.75, 3.05) is 19.6 Å². The summed E-state index contributed by atoms with van der Waals surface area (Å²) in [5.74, 6) is 2.14. The van der Waals surface area contributed by atoms with Crippen molar-refractivity contribution in [2.24, 2.45) is 7.05 Å². The molecule has 2 N–H and O–H groups in total. The molecule has 2 amide bonds. The second kappa shape index (κ2) is 6.59. The van der Waals surface area contributed by atoms with Gasteiger partial charge in [0.15, 0.2) is 0 Å². The van der Waals surface area contributed by atoms with Crippen LogP contribution >= 0.6 is 0 Å². The lowest BCUT2D eigenvalue weighted by atomic mass is 9.98. The van der Waals surface area contributed by atoms with Gasteiger partial charge in [-0.2, -0.15) is 5.10 Å². The van der Waals surface area contributed by atoms with Gasteiger partial charge in [0.1, 0.15) is 18.0 Å². The molecule has 8 nitrogen and oxygen atoms in total. The van der Waals surface area contributed by atoms with Crippen LogP contribution in [-0.2, 0) is 13.5 Å². The second-order valence-electron chi connectivity index (χ2n) is 5.54. The van der Waals surface area contributed by atoms with E-state index < -0.39 is 0 Å². The van der Waals surface area contributed by atoms with E-state index in [1.165, 1.54) is 6.33 Å². The maximum absolute atomic E-state index is 12.3. The Morgan fingerprint density at radius 2 is 2.41 bits per heavy atom. The van der Waals surface area contributed by atoms with Gasteiger partial charge >= 0.3 is 6.03 Å². The number of H-pyrrole nitrogens is 1. The number of carbonyl (C=O) groups excluding carboxylic acids is 1. The highest BCUT2D eigenvalue weighted by Gasteiger charge is 2.25. The molecule has 118 valence electrons. The van der Waals surface area contributed by atoms with Crippen molar-refractivity contribution in [3.05, 3.63) is 30.4 Å². The Morgan fingerprint density at radius 1 is 1.50 bits per heavy atom. The van der Waals surface area contributed by atoms with Crippen molar-refractivity contribution in [1.82, 2.24) is 34.9 Å². The van der Waals surface area contributed by atoms with Crippen molar-refractivity contribution in [3.8, 4) is 0 Å². The number of nitrogens with zero attached hydrogens (tertiary/aromatic N) is 5. The van der Waals surface area contributed by atoms with Gasteiger partial charge in [0, 0.05) is 51.4 Å². The molecular formula is C14H21N7O. The Balaban J connectivity index is 1.48. The number of rotatable bonds is 4. The predicted octanol–water partition coefficient (Wildman–Crippen LogP) is 0.670. The molecule has 1 aliphatic heterocycles. The Bertz CT molecular complexity index is 606. The first kappa shape index (κ1) is 14.6. The summed E-state index contributed by atoms with van der Waals surface area (Å²) < 4.78 is 1.72. The molecule has 0 aromatic carbocycles. The summed E-state index contributed by atoms with van der Waals surface area (Å²) >= 11 is 0. The van der Waals surface area contributed by atoms with Crippen molar-refractivity contribution in [1.29, 1.82) is 0 Å². The first-order valence-corrected chi connectivity index (χ1v) is 7.59. The summed E-state index contributed by atoms with van der Waals surface area (Å²) in [6, 6.07) is -0.0153. The van der Waals surface area contributed by atoms with Gasteiger partial charge in [-0.1, -0.05) is 0 Å². The zero-order valence-electron chi connectivity index (χ0n) is 12.7. The quantitative estimate of drug-likeness (QED) is 0.868. The molecule has 2 aromatic heterocycles. The standard InChI is InChI=1S/C14H21N7O/c1-20-12(18-10-19-20)4-5-17-14(22)21-8-2-3-11(9-21)13-15-6-7-16-13/h6-7,10-11H,2-5,8-9H2,1H3,(H,15,16)(H,17,22). The molecule has 8 heteroatoms. The molecule has 1 atom stereocenters. The zero-order chi connectivity index (χ0) is 15.4. The third-order valence-electron chi connectivity index (χ3n) is 4.04. The number of carbonyl (C=O) groups is 1. The number of amides is 2. The van der Waals surface area contributed by atoms with Gasteiger partial charge in [-0.15, -0.1) is 0 Å². The minimum atomic E-state index is -0.0153. The fourth-order valence-corrected chi connectivity index (χ4v) is 2.83. The molecule has 1 aliphatic rings. The third-order valence-corrected chi connectivity index (χ3v) is 4.04. The summed E-state index contributed by atoms with van der Waals surface area (Å²) in [7, 11) is 1.85. The molecule has 3 rings (SSSR count). The van der Waals surface area contributed by atoms with E-state index in [1.54, 1.807) is 10.9 Å². The van der Waals surface area contributed by atoms with Crippen LogP contribution in [0.4, 0.5) is 4.79 Å². The van der Waals surface area contributed by atoms with E-state index in [1.807, 2.05) is 18.1 Å². The molecule has 22 heavy (non-hydrogen) atoms. The molecule has 0 aliphatic carbocycles. The number of urea groups is 1. The average Bonchev–Trinajstić information content (AvgIpc) is 3.20. The highest BCUT2D eigenvalue weighted by Crippen LogP contribution is 2.24. The van der Waals surface area contributed by atoms with Gasteiger partial charge in [-0.3, -0.25) is 4.68 Å². The smallest absolute Gasteiger partial charge is 0.317 e. The van der Waals surface area contributed by atoms with Crippen molar-refractivity contribution < 1.29 is 4.79 Å². The van der Waals surface area contributed by atoms with E-state index in [4.69, 9.17) is 0 Å². The van der Waals surface area contributed by atoms with Crippen molar-refractivity contribution in [2.45, 2.75) is 25.2 Å². The van der Waals surface area contributed by atoms with Crippen LogP contribution in [0, 0.1) is 0 Å². The predicted molar refractivity (Wildman–Crippen MR) is 80.2 cm³/mol. The molecule has 0 radical (unpaired) electrons. The first-order chi connectivity index (χ1) is 10.7. The Labute approximate surface area is 128 Å². The summed E-state index contributed by atoms with van der Waals surface area (Å²) in [5, 5.41) is 6.97. The Morgan fingerprint density at radius 3 is 3.14 bits per heavy atom. The SMILES string of the molecule is Cn1ncnc1CCNC(=O)N1CCCC(c2ncc[nH]2)C1. The number of likely N-dealkylation sites (tertiary alicyclic amines) is 1. The summed E-state index contributed by atoms with van der Waals surface area (Å²) in [5.41, 5.74) is 0. The van der Waals surface area contributed by atoms with Crippen LogP contribution in [0.2, 0.25) is 0 Å². The van der Waals surface area contributed by atoms with E-state index >= 15 is 0 Å². The lowest BCUT2D eigenvalue weighted by molar-refractivity contribution is 0.178. The highest BCUT2D eigenvalue weighted by atomic mass is 16.2. The minimum absolute atomic E-state index is 0.0153. The molecule has 1 saturated heterocycles. The zero-order valence-corrected chi connectivity index (χ0v) is 12.7. The van der Waals surface area contributed by atoms with Gasteiger partial charge in [-0.05, 0) is 12.8 Å². The van der Waals surface area contributed by atoms with Crippen LogP contribution in [0.3, 0.4) is 0 Å². The van der Waals surface area contributed by atoms with Gasteiger partial charge < -0.3 is 15.2 Å². The largest absolute Gasteiger partial charge is 0.348 e. The van der Waals surface area contributed by atoms with Crippen LogP contribution in [0.5, 0.6) is 0 Å². The van der Waals surface area contributed by atoms with E-state index in [0.717, 1.165) is 31.0 Å². The Kier molecular flexibility index (Phi) is 4.36. The summed E-state index contributed by atoms with van der Waals surface area (Å²) in [6.45, 7) is 2.07. The number of piperidine rings is 1. The molecule has 0 saturated carbocycles. The molecule has 0 bridgehead atoms. The number of aromatic nitrogens is 5. The van der Waals surface area contributed by atoms with Crippen LogP contribution in [0.1, 0.15) is 30.4 Å². The van der Waals surface area contributed by atoms with Gasteiger partial charge in [0.05, 0.1) is 0 Å². The molecule has 1 unspecified atom stereocenters. The molecule has 2 aromatic rings. The summed E-state index contributed by atoms with van der Waals surface area (Å²) in [6.07, 6.45) is 7.86. The number of hydrogen-bond acceptors (Lipinski definition) is 4. The van der Waals surface area contributed by atoms with Crippen LogP contribution in [-0.4, -0.2) is 55.3 Å². The number of hydrogen-bond donors (Lipinski definition) is 2. The maximum Gasteiger partial charge on any atom is 0.317 e. The topological polar surface area (TPSA) is 91.7 Å². The number of imidazole rings is 1. The monoisotopic (exact) mass is 303 g/mol. The molecule has 0 spiro atoms. The lowest BCUT2D eigenvalue weighted by Crippen LogP contribution is -2.45. The van der Waals surface area contributed by atoms with Gasteiger partial charge in [-0.25, -0.2) is 14.8 Å². The van der Waals surface area contributed by atoms with Crippen LogP contribution < -0.4 is 5.32 Å². The van der Waals surface area contributed by atoms with Gasteiger partial charge in [0.25, 0.3) is 0 Å². The average molecular weight is 303 g/mol. The van der Waals surface area contributed by atoms with E-state index in [9.17, 15) is 4.79 Å². The third kappa shape index (κ3) is 3.26. The van der Waals surface area contributed by atoms with Crippen LogP contribution in [0.25, 0.3) is 0 Å².